The van der Waals surface area contributed by atoms with Gasteiger partial charge in [-0.1, -0.05) is 0 Å². The van der Waals surface area contributed by atoms with Crippen molar-refractivity contribution >= 4 is 28.9 Å². The summed E-state index contributed by atoms with van der Waals surface area (Å²) >= 11 is 0. The van der Waals surface area contributed by atoms with E-state index in [1.165, 1.54) is 26.1 Å². The fraction of sp³-hybridized carbons (Fsp3) is 0.222. The van der Waals surface area contributed by atoms with Gasteiger partial charge >= 0.3 is 5.97 Å². The Morgan fingerprint density at radius 2 is 1.93 bits per heavy atom. The van der Waals surface area contributed by atoms with Gasteiger partial charge in [0.1, 0.15) is 5.69 Å². The van der Waals surface area contributed by atoms with Crippen LogP contribution in [-0.2, 0) is 9.53 Å². The summed E-state index contributed by atoms with van der Waals surface area (Å²) in [6, 6.07) is 8.73. The van der Waals surface area contributed by atoms with Gasteiger partial charge in [0, 0.05) is 24.9 Å². The maximum Gasteiger partial charge on any atom is 0.339 e. The van der Waals surface area contributed by atoms with Crippen molar-refractivity contribution in [2.24, 2.45) is 0 Å². The third-order valence-electron chi connectivity index (χ3n) is 3.99. The summed E-state index contributed by atoms with van der Waals surface area (Å²) in [5.41, 5.74) is 0.407. The van der Waals surface area contributed by atoms with E-state index in [0.717, 1.165) is 6.07 Å². The summed E-state index contributed by atoms with van der Waals surface area (Å²) in [6.45, 7) is 1.51. The number of nitro benzene ring substituents is 1. The molecule has 1 heterocycles. The van der Waals surface area contributed by atoms with Crippen molar-refractivity contribution in [3.63, 3.8) is 0 Å². The Hall–Kier alpha value is -3.82. The fourth-order valence-corrected chi connectivity index (χ4v) is 2.52. The normalized spacial score (nSPS) is 12.8. The van der Waals surface area contributed by atoms with Crippen molar-refractivity contribution in [2.75, 3.05) is 24.5 Å². The Balaban J connectivity index is 1.66. The average molecular weight is 387 g/mol. The van der Waals surface area contributed by atoms with E-state index in [9.17, 15) is 19.7 Å². The summed E-state index contributed by atoms with van der Waals surface area (Å²) in [5.74, 6) is -0.337. The van der Waals surface area contributed by atoms with Crippen molar-refractivity contribution in [1.29, 1.82) is 0 Å². The third-order valence-corrected chi connectivity index (χ3v) is 3.99. The lowest BCUT2D eigenvalue weighted by molar-refractivity contribution is -0.384. The second-order valence-electron chi connectivity index (χ2n) is 5.84. The number of nitro groups is 1. The Bertz CT molecular complexity index is 945. The SMILES string of the molecule is CNc1ccc(C(=O)O[C@H](C)C(=O)Nc2ccc3c(c2)OCO3)cc1[N+](=O)[O-]. The van der Waals surface area contributed by atoms with Gasteiger partial charge in [0.2, 0.25) is 6.79 Å². The van der Waals surface area contributed by atoms with Crippen LogP contribution >= 0.6 is 0 Å². The van der Waals surface area contributed by atoms with Crippen LogP contribution in [0.1, 0.15) is 17.3 Å². The number of amides is 1. The highest BCUT2D eigenvalue weighted by Crippen LogP contribution is 2.34. The molecule has 28 heavy (non-hydrogen) atoms. The Morgan fingerprint density at radius 1 is 1.18 bits per heavy atom. The highest BCUT2D eigenvalue weighted by atomic mass is 16.7. The zero-order chi connectivity index (χ0) is 20.3. The van der Waals surface area contributed by atoms with Gasteiger partial charge in [-0.2, -0.15) is 0 Å². The van der Waals surface area contributed by atoms with E-state index in [4.69, 9.17) is 14.2 Å². The molecule has 0 radical (unpaired) electrons. The summed E-state index contributed by atoms with van der Waals surface area (Å²) < 4.78 is 15.5. The van der Waals surface area contributed by atoms with Crippen LogP contribution in [0.3, 0.4) is 0 Å². The number of hydrogen-bond acceptors (Lipinski definition) is 8. The number of fused-ring (bicyclic) bond motifs is 1. The molecule has 0 unspecified atom stereocenters. The van der Waals surface area contributed by atoms with E-state index in [0.29, 0.717) is 17.2 Å². The molecule has 0 aliphatic carbocycles. The second-order valence-corrected chi connectivity index (χ2v) is 5.84. The van der Waals surface area contributed by atoms with Crippen LogP contribution in [0.4, 0.5) is 17.1 Å². The summed E-state index contributed by atoms with van der Waals surface area (Å²) in [5, 5.41) is 16.4. The summed E-state index contributed by atoms with van der Waals surface area (Å²) in [4.78, 5) is 35.0. The molecule has 0 fully saturated rings. The molecular weight excluding hydrogens is 370 g/mol. The first-order chi connectivity index (χ1) is 13.4. The molecular formula is C18H17N3O7. The smallest absolute Gasteiger partial charge is 0.339 e. The van der Waals surface area contributed by atoms with Crippen LogP contribution in [0.15, 0.2) is 36.4 Å². The van der Waals surface area contributed by atoms with Gasteiger partial charge in [0.05, 0.1) is 10.5 Å². The number of rotatable bonds is 6. The highest BCUT2D eigenvalue weighted by molar-refractivity contribution is 5.98. The zero-order valence-electron chi connectivity index (χ0n) is 15.1. The first-order valence-corrected chi connectivity index (χ1v) is 8.26. The first-order valence-electron chi connectivity index (χ1n) is 8.26. The minimum absolute atomic E-state index is 0.0339. The van der Waals surface area contributed by atoms with Crippen molar-refractivity contribution in [3.05, 3.63) is 52.1 Å². The van der Waals surface area contributed by atoms with Crippen LogP contribution in [0.5, 0.6) is 11.5 Å². The van der Waals surface area contributed by atoms with Crippen LogP contribution in [-0.4, -0.2) is 36.7 Å². The maximum atomic E-state index is 12.3. The van der Waals surface area contributed by atoms with Gasteiger partial charge < -0.3 is 24.8 Å². The van der Waals surface area contributed by atoms with Crippen LogP contribution in [0.2, 0.25) is 0 Å². The predicted molar refractivity (Wildman–Crippen MR) is 98.7 cm³/mol. The lowest BCUT2D eigenvalue weighted by atomic mass is 10.1. The number of ether oxygens (including phenoxy) is 3. The molecule has 0 aromatic heterocycles. The van der Waals surface area contributed by atoms with E-state index < -0.39 is 22.9 Å². The molecule has 2 N–H and O–H groups in total. The monoisotopic (exact) mass is 387 g/mol. The third kappa shape index (κ3) is 3.95. The van der Waals surface area contributed by atoms with E-state index in [-0.39, 0.29) is 23.7 Å². The molecule has 0 saturated heterocycles. The Morgan fingerprint density at radius 3 is 2.64 bits per heavy atom. The van der Waals surface area contributed by atoms with E-state index in [1.807, 2.05) is 0 Å². The number of benzene rings is 2. The number of carbonyl (C=O) groups excluding carboxylic acids is 2. The molecule has 10 nitrogen and oxygen atoms in total. The van der Waals surface area contributed by atoms with E-state index in [1.54, 1.807) is 18.2 Å². The molecule has 2 aromatic carbocycles. The highest BCUT2D eigenvalue weighted by Gasteiger charge is 2.23. The Kier molecular flexibility index (Phi) is 5.30. The molecule has 1 aliphatic heterocycles. The maximum absolute atomic E-state index is 12.3. The number of hydrogen-bond donors (Lipinski definition) is 2. The average Bonchev–Trinajstić information content (AvgIpc) is 3.15. The van der Waals surface area contributed by atoms with Gasteiger partial charge in [-0.05, 0) is 31.2 Å². The predicted octanol–water partition coefficient (Wildman–Crippen LogP) is 2.55. The number of anilines is 2. The molecule has 1 amide bonds. The van der Waals surface area contributed by atoms with Crippen molar-refractivity contribution < 1.29 is 28.7 Å². The molecule has 1 aliphatic rings. The molecule has 2 aromatic rings. The van der Waals surface area contributed by atoms with Gasteiger partial charge in [0.15, 0.2) is 17.6 Å². The quantitative estimate of drug-likeness (QED) is 0.439. The van der Waals surface area contributed by atoms with Crippen LogP contribution in [0.25, 0.3) is 0 Å². The van der Waals surface area contributed by atoms with Crippen LogP contribution < -0.4 is 20.1 Å². The lowest BCUT2D eigenvalue weighted by Gasteiger charge is -2.14. The zero-order valence-corrected chi connectivity index (χ0v) is 15.1. The molecule has 10 heteroatoms. The molecule has 146 valence electrons. The molecule has 1 atom stereocenters. The van der Waals surface area contributed by atoms with Crippen molar-refractivity contribution in [2.45, 2.75) is 13.0 Å². The largest absolute Gasteiger partial charge is 0.454 e. The second kappa shape index (κ2) is 7.82. The summed E-state index contributed by atoms with van der Waals surface area (Å²) in [7, 11) is 1.53. The first kappa shape index (κ1) is 19.0. The number of esters is 1. The number of nitrogens with one attached hydrogen (secondary N) is 2. The molecule has 3 rings (SSSR count). The van der Waals surface area contributed by atoms with Crippen molar-refractivity contribution in [3.8, 4) is 11.5 Å². The summed E-state index contributed by atoms with van der Waals surface area (Å²) in [6.07, 6.45) is -1.12. The molecule has 0 bridgehead atoms. The minimum atomic E-state index is -1.12. The van der Waals surface area contributed by atoms with Crippen LogP contribution in [0, 0.1) is 10.1 Å². The number of nitrogens with zero attached hydrogens (tertiary/aromatic N) is 1. The number of carbonyl (C=O) groups is 2. The van der Waals surface area contributed by atoms with E-state index in [2.05, 4.69) is 10.6 Å². The minimum Gasteiger partial charge on any atom is -0.454 e. The van der Waals surface area contributed by atoms with Gasteiger partial charge in [-0.25, -0.2) is 4.79 Å². The topological polar surface area (TPSA) is 129 Å². The van der Waals surface area contributed by atoms with E-state index >= 15 is 0 Å². The van der Waals surface area contributed by atoms with Gasteiger partial charge in [-0.3, -0.25) is 14.9 Å². The fourth-order valence-electron chi connectivity index (χ4n) is 2.52. The molecule has 0 spiro atoms. The van der Waals surface area contributed by atoms with Gasteiger partial charge in [-0.15, -0.1) is 0 Å². The van der Waals surface area contributed by atoms with Gasteiger partial charge in [0.25, 0.3) is 11.6 Å². The standard InChI is InChI=1S/C18H17N3O7/c1-10(17(22)20-12-4-6-15-16(8-12)27-9-26-15)28-18(23)11-3-5-13(19-2)14(7-11)21(24)25/h3-8,10,19H,9H2,1-2H3,(H,20,22)/t10-/m1/s1. The Labute approximate surface area is 159 Å². The van der Waals surface area contributed by atoms with Crippen molar-refractivity contribution in [1.82, 2.24) is 0 Å². The lowest BCUT2D eigenvalue weighted by Crippen LogP contribution is -2.30. The molecule has 0 saturated carbocycles.